The number of nitrogens with one attached hydrogen (secondary N) is 1. The van der Waals surface area contributed by atoms with Crippen LogP contribution in [0.4, 0.5) is 0 Å². The summed E-state index contributed by atoms with van der Waals surface area (Å²) in [6.45, 7) is 8.65. The topological polar surface area (TPSA) is 34.4 Å². The SMILES string of the molecule is CC(C)(C)NCC1(Cc2ccoc2)CCOC1C1CC1. The van der Waals surface area contributed by atoms with Crippen molar-refractivity contribution in [2.75, 3.05) is 13.2 Å². The Morgan fingerprint density at radius 2 is 2.15 bits per heavy atom. The van der Waals surface area contributed by atoms with E-state index in [4.69, 9.17) is 9.15 Å². The average molecular weight is 277 g/mol. The predicted octanol–water partition coefficient (Wildman–Crippen LogP) is 3.40. The fourth-order valence-corrected chi connectivity index (χ4v) is 3.42. The lowest BCUT2D eigenvalue weighted by molar-refractivity contribution is 0.0279. The van der Waals surface area contributed by atoms with Gasteiger partial charge >= 0.3 is 0 Å². The molecule has 2 unspecified atom stereocenters. The summed E-state index contributed by atoms with van der Waals surface area (Å²) < 4.78 is 11.4. The molecule has 20 heavy (non-hydrogen) atoms. The van der Waals surface area contributed by atoms with Crippen LogP contribution in [-0.2, 0) is 11.2 Å². The van der Waals surface area contributed by atoms with Crippen molar-refractivity contribution < 1.29 is 9.15 Å². The molecule has 1 saturated carbocycles. The lowest BCUT2D eigenvalue weighted by atomic mass is 9.74. The van der Waals surface area contributed by atoms with Crippen LogP contribution < -0.4 is 5.32 Å². The van der Waals surface area contributed by atoms with Gasteiger partial charge in [-0.15, -0.1) is 0 Å². The molecule has 0 spiro atoms. The van der Waals surface area contributed by atoms with E-state index >= 15 is 0 Å². The summed E-state index contributed by atoms with van der Waals surface area (Å²) in [5, 5.41) is 3.72. The van der Waals surface area contributed by atoms with Gasteiger partial charge in [0.05, 0.1) is 18.6 Å². The van der Waals surface area contributed by atoms with Crippen molar-refractivity contribution in [3.63, 3.8) is 0 Å². The standard InChI is InChI=1S/C17H27NO2/c1-16(2,3)18-12-17(10-13-6-8-19-11-13)7-9-20-15(17)14-4-5-14/h6,8,11,14-15,18H,4-5,7,9-10,12H2,1-3H3. The Morgan fingerprint density at radius 1 is 1.35 bits per heavy atom. The minimum atomic E-state index is 0.153. The van der Waals surface area contributed by atoms with Crippen LogP contribution in [0.5, 0.6) is 0 Å². The van der Waals surface area contributed by atoms with Gasteiger partial charge in [0, 0.05) is 24.1 Å². The largest absolute Gasteiger partial charge is 0.472 e. The molecule has 1 aromatic heterocycles. The minimum Gasteiger partial charge on any atom is -0.472 e. The molecule has 0 radical (unpaired) electrons. The molecule has 3 rings (SSSR count). The molecule has 2 heterocycles. The zero-order valence-electron chi connectivity index (χ0n) is 12.9. The number of ether oxygens (including phenoxy) is 1. The third kappa shape index (κ3) is 3.09. The second-order valence-electron chi connectivity index (χ2n) is 7.65. The highest BCUT2D eigenvalue weighted by Crippen LogP contribution is 2.49. The van der Waals surface area contributed by atoms with Crippen molar-refractivity contribution in [3.05, 3.63) is 24.2 Å². The summed E-state index contributed by atoms with van der Waals surface area (Å²) in [4.78, 5) is 0. The van der Waals surface area contributed by atoms with Crippen molar-refractivity contribution in [3.8, 4) is 0 Å². The van der Waals surface area contributed by atoms with Crippen molar-refractivity contribution in [2.45, 2.75) is 58.1 Å². The van der Waals surface area contributed by atoms with Crippen molar-refractivity contribution >= 4 is 0 Å². The molecule has 1 aromatic rings. The lowest BCUT2D eigenvalue weighted by Crippen LogP contribution is -2.49. The average Bonchev–Trinajstić information content (AvgIpc) is 2.93. The van der Waals surface area contributed by atoms with E-state index in [2.05, 4.69) is 32.2 Å². The Hall–Kier alpha value is -0.800. The van der Waals surface area contributed by atoms with Gasteiger partial charge in [0.1, 0.15) is 0 Å². The molecule has 0 aromatic carbocycles. The maximum absolute atomic E-state index is 6.14. The molecule has 2 aliphatic rings. The minimum absolute atomic E-state index is 0.153. The molecule has 3 nitrogen and oxygen atoms in total. The molecule has 1 aliphatic heterocycles. The highest BCUT2D eigenvalue weighted by Gasteiger charge is 2.51. The van der Waals surface area contributed by atoms with E-state index in [0.717, 1.165) is 31.9 Å². The van der Waals surface area contributed by atoms with Gasteiger partial charge in [-0.05, 0) is 64.0 Å². The van der Waals surface area contributed by atoms with Gasteiger partial charge in [0.2, 0.25) is 0 Å². The van der Waals surface area contributed by atoms with Gasteiger partial charge in [0.25, 0.3) is 0 Å². The molecule has 2 atom stereocenters. The number of furan rings is 1. The van der Waals surface area contributed by atoms with E-state index < -0.39 is 0 Å². The third-order valence-corrected chi connectivity index (χ3v) is 4.66. The van der Waals surface area contributed by atoms with Crippen LogP contribution in [0.15, 0.2) is 23.0 Å². The molecule has 0 bridgehead atoms. The molecule has 1 N–H and O–H groups in total. The van der Waals surface area contributed by atoms with Crippen LogP contribution >= 0.6 is 0 Å². The van der Waals surface area contributed by atoms with Gasteiger partial charge in [-0.3, -0.25) is 0 Å². The zero-order chi connectivity index (χ0) is 14.2. The van der Waals surface area contributed by atoms with Crippen LogP contribution in [0, 0.1) is 11.3 Å². The molecular formula is C17H27NO2. The first-order valence-corrected chi connectivity index (χ1v) is 7.86. The van der Waals surface area contributed by atoms with Gasteiger partial charge in [-0.25, -0.2) is 0 Å². The van der Waals surface area contributed by atoms with Crippen LogP contribution in [0.2, 0.25) is 0 Å². The van der Waals surface area contributed by atoms with Crippen molar-refractivity contribution in [1.29, 1.82) is 0 Å². The highest BCUT2D eigenvalue weighted by molar-refractivity contribution is 5.13. The zero-order valence-corrected chi connectivity index (χ0v) is 12.9. The summed E-state index contributed by atoms with van der Waals surface area (Å²) in [6, 6.07) is 2.10. The van der Waals surface area contributed by atoms with E-state index in [1.54, 1.807) is 6.26 Å². The highest BCUT2D eigenvalue weighted by atomic mass is 16.5. The normalized spacial score (nSPS) is 30.9. The molecule has 112 valence electrons. The number of rotatable bonds is 5. The first-order chi connectivity index (χ1) is 9.49. The maximum Gasteiger partial charge on any atom is 0.0934 e. The Morgan fingerprint density at radius 3 is 2.75 bits per heavy atom. The van der Waals surface area contributed by atoms with E-state index in [-0.39, 0.29) is 11.0 Å². The fraction of sp³-hybridized carbons (Fsp3) is 0.765. The summed E-state index contributed by atoms with van der Waals surface area (Å²) in [6.07, 6.45) is 8.99. The fourth-order valence-electron chi connectivity index (χ4n) is 3.42. The second kappa shape index (κ2) is 5.19. The smallest absolute Gasteiger partial charge is 0.0934 e. The van der Waals surface area contributed by atoms with E-state index in [1.807, 2.05) is 6.26 Å². The van der Waals surface area contributed by atoms with Gasteiger partial charge in [-0.2, -0.15) is 0 Å². The van der Waals surface area contributed by atoms with Crippen molar-refractivity contribution in [2.24, 2.45) is 11.3 Å². The van der Waals surface area contributed by atoms with E-state index in [9.17, 15) is 0 Å². The Labute approximate surface area is 122 Å². The monoisotopic (exact) mass is 277 g/mol. The molecule has 1 saturated heterocycles. The molecule has 3 heteroatoms. The Bertz CT molecular complexity index is 430. The Kier molecular flexibility index (Phi) is 3.67. The van der Waals surface area contributed by atoms with Crippen molar-refractivity contribution in [1.82, 2.24) is 5.32 Å². The predicted molar refractivity (Wildman–Crippen MR) is 79.7 cm³/mol. The third-order valence-electron chi connectivity index (χ3n) is 4.66. The maximum atomic E-state index is 6.14. The summed E-state index contributed by atoms with van der Waals surface area (Å²) >= 11 is 0. The van der Waals surface area contributed by atoms with Gasteiger partial charge in [-0.1, -0.05) is 0 Å². The van der Waals surface area contributed by atoms with Gasteiger partial charge < -0.3 is 14.5 Å². The van der Waals surface area contributed by atoms with Crippen LogP contribution in [0.3, 0.4) is 0 Å². The van der Waals surface area contributed by atoms with Crippen LogP contribution in [0.1, 0.15) is 45.6 Å². The first-order valence-electron chi connectivity index (χ1n) is 7.86. The summed E-state index contributed by atoms with van der Waals surface area (Å²) in [7, 11) is 0. The summed E-state index contributed by atoms with van der Waals surface area (Å²) in [5.74, 6) is 0.783. The van der Waals surface area contributed by atoms with Crippen LogP contribution in [0.25, 0.3) is 0 Å². The second-order valence-corrected chi connectivity index (χ2v) is 7.65. The number of hydrogen-bond acceptors (Lipinski definition) is 3. The molecule has 2 fully saturated rings. The quantitative estimate of drug-likeness (QED) is 0.896. The van der Waals surface area contributed by atoms with E-state index in [1.165, 1.54) is 18.4 Å². The molecule has 0 amide bonds. The van der Waals surface area contributed by atoms with Crippen LogP contribution in [-0.4, -0.2) is 24.8 Å². The molecule has 1 aliphatic carbocycles. The summed E-state index contributed by atoms with van der Waals surface area (Å²) in [5.41, 5.74) is 1.69. The molecular weight excluding hydrogens is 250 g/mol. The Balaban J connectivity index is 1.78. The lowest BCUT2D eigenvalue weighted by Gasteiger charge is -2.37. The first kappa shape index (κ1) is 14.2. The number of hydrogen-bond donors (Lipinski definition) is 1. The van der Waals surface area contributed by atoms with E-state index in [0.29, 0.717) is 6.10 Å². The van der Waals surface area contributed by atoms with Gasteiger partial charge in [0.15, 0.2) is 0 Å².